The smallest absolute Gasteiger partial charge is 0.228 e. The van der Waals surface area contributed by atoms with Crippen LogP contribution in [-0.4, -0.2) is 18.5 Å². The summed E-state index contributed by atoms with van der Waals surface area (Å²) >= 11 is 1.59. The maximum Gasteiger partial charge on any atom is 0.228 e. The molecule has 27 heavy (non-hydrogen) atoms. The van der Waals surface area contributed by atoms with E-state index in [4.69, 9.17) is 0 Å². The number of nitrogens with zero attached hydrogens (tertiary/aromatic N) is 1. The summed E-state index contributed by atoms with van der Waals surface area (Å²) in [6, 6.07) is 2.62. The van der Waals surface area contributed by atoms with Gasteiger partial charge in [-0.2, -0.15) is 5.26 Å². The van der Waals surface area contributed by atoms with Gasteiger partial charge < -0.3 is 10.6 Å². The summed E-state index contributed by atoms with van der Waals surface area (Å²) < 4.78 is 0. The van der Waals surface area contributed by atoms with E-state index in [1.807, 2.05) is 13.0 Å². The highest BCUT2D eigenvalue weighted by molar-refractivity contribution is 7.16. The van der Waals surface area contributed by atoms with E-state index in [-0.39, 0.29) is 11.8 Å². The lowest BCUT2D eigenvalue weighted by molar-refractivity contribution is -0.124. The molecule has 146 valence electrons. The standard InChI is InChI=1S/C22H31N3OS/c1-4-14(2)24-11-5-6-20-15(3)19(13-23)22(27-20)25-21(26)18-12-16-7-9-17(18)10-8-16/h4,14,16-18,24H,1,5-12H2,2-3H3,(H,25,26). The van der Waals surface area contributed by atoms with Gasteiger partial charge in [0.15, 0.2) is 0 Å². The van der Waals surface area contributed by atoms with Crippen LogP contribution in [0.2, 0.25) is 0 Å². The van der Waals surface area contributed by atoms with Gasteiger partial charge in [-0.25, -0.2) is 0 Å². The number of rotatable bonds is 8. The first kappa shape index (κ1) is 20.1. The number of carbonyl (C=O) groups excluding carboxylic acids is 1. The number of thiophene rings is 1. The maximum absolute atomic E-state index is 12.9. The zero-order valence-electron chi connectivity index (χ0n) is 16.5. The zero-order valence-corrected chi connectivity index (χ0v) is 17.3. The Balaban J connectivity index is 1.62. The summed E-state index contributed by atoms with van der Waals surface area (Å²) in [5, 5.41) is 16.9. The minimum atomic E-state index is 0.134. The van der Waals surface area contributed by atoms with Gasteiger partial charge in [0.1, 0.15) is 11.1 Å². The summed E-state index contributed by atoms with van der Waals surface area (Å²) in [5.41, 5.74) is 1.68. The predicted molar refractivity (Wildman–Crippen MR) is 112 cm³/mol. The van der Waals surface area contributed by atoms with E-state index in [2.05, 4.69) is 30.2 Å². The van der Waals surface area contributed by atoms with Gasteiger partial charge in [0, 0.05) is 16.8 Å². The lowest BCUT2D eigenvalue weighted by atomic mass is 9.64. The second kappa shape index (κ2) is 9.03. The van der Waals surface area contributed by atoms with E-state index in [1.54, 1.807) is 11.3 Å². The van der Waals surface area contributed by atoms with Gasteiger partial charge in [-0.05, 0) is 69.9 Å². The van der Waals surface area contributed by atoms with Crippen molar-refractivity contribution in [3.8, 4) is 6.07 Å². The molecule has 3 aliphatic carbocycles. The molecule has 0 aromatic carbocycles. The monoisotopic (exact) mass is 385 g/mol. The molecule has 2 atom stereocenters. The van der Waals surface area contributed by atoms with Gasteiger partial charge in [-0.15, -0.1) is 17.9 Å². The van der Waals surface area contributed by atoms with Crippen LogP contribution in [0.3, 0.4) is 0 Å². The van der Waals surface area contributed by atoms with Crippen LogP contribution < -0.4 is 10.6 Å². The highest BCUT2D eigenvalue weighted by Gasteiger charge is 2.39. The van der Waals surface area contributed by atoms with Gasteiger partial charge in [0.25, 0.3) is 0 Å². The quantitative estimate of drug-likeness (QED) is 0.499. The molecule has 1 aromatic rings. The topological polar surface area (TPSA) is 64.9 Å². The second-order valence-corrected chi connectivity index (χ2v) is 9.27. The van der Waals surface area contributed by atoms with Crippen LogP contribution in [0, 0.1) is 36.0 Å². The molecule has 3 fully saturated rings. The minimum Gasteiger partial charge on any atom is -0.316 e. The molecule has 2 bridgehead atoms. The van der Waals surface area contributed by atoms with E-state index in [0.29, 0.717) is 17.5 Å². The molecule has 0 radical (unpaired) electrons. The summed E-state index contributed by atoms with van der Waals surface area (Å²) in [4.78, 5) is 14.1. The SMILES string of the molecule is C=CC(C)NCCCc1sc(NC(=O)C2CC3CCC2CC3)c(C#N)c1C. The van der Waals surface area contributed by atoms with E-state index in [1.165, 1.54) is 30.6 Å². The van der Waals surface area contributed by atoms with Crippen molar-refractivity contribution in [1.82, 2.24) is 5.32 Å². The number of carbonyl (C=O) groups is 1. The largest absolute Gasteiger partial charge is 0.316 e. The summed E-state index contributed by atoms with van der Waals surface area (Å²) in [6.07, 6.45) is 9.82. The van der Waals surface area contributed by atoms with Crippen LogP contribution in [0.15, 0.2) is 12.7 Å². The fourth-order valence-electron chi connectivity index (χ4n) is 4.59. The Morgan fingerprint density at radius 3 is 2.74 bits per heavy atom. The molecule has 1 heterocycles. The zero-order chi connectivity index (χ0) is 19.4. The predicted octanol–water partition coefficient (Wildman–Crippen LogP) is 4.79. The summed E-state index contributed by atoms with van der Waals surface area (Å²) in [6.45, 7) is 8.79. The molecular weight excluding hydrogens is 354 g/mol. The molecule has 0 saturated heterocycles. The van der Waals surface area contributed by atoms with Crippen LogP contribution in [-0.2, 0) is 11.2 Å². The van der Waals surface area contributed by atoms with Gasteiger partial charge in [0.05, 0.1) is 5.56 Å². The Morgan fingerprint density at radius 2 is 2.15 bits per heavy atom. The molecule has 1 amide bonds. The third-order valence-corrected chi connectivity index (χ3v) is 7.65. The fourth-order valence-corrected chi connectivity index (χ4v) is 5.79. The van der Waals surface area contributed by atoms with E-state index in [9.17, 15) is 10.1 Å². The molecule has 4 nitrogen and oxygen atoms in total. The number of amides is 1. The average molecular weight is 386 g/mol. The normalized spacial score (nSPS) is 25.0. The van der Waals surface area contributed by atoms with Crippen molar-refractivity contribution in [3.63, 3.8) is 0 Å². The average Bonchev–Trinajstić information content (AvgIpc) is 3.00. The molecular formula is C22H31N3OS. The van der Waals surface area contributed by atoms with E-state index < -0.39 is 0 Å². The first-order valence-electron chi connectivity index (χ1n) is 10.2. The lowest BCUT2D eigenvalue weighted by Gasteiger charge is -2.41. The molecule has 4 rings (SSSR count). The number of hydrogen-bond acceptors (Lipinski definition) is 4. The maximum atomic E-state index is 12.9. The Bertz CT molecular complexity index is 725. The van der Waals surface area contributed by atoms with E-state index in [0.717, 1.165) is 42.3 Å². The van der Waals surface area contributed by atoms with Crippen molar-refractivity contribution in [1.29, 1.82) is 5.26 Å². The Hall–Kier alpha value is -1.64. The third kappa shape index (κ3) is 4.62. The highest BCUT2D eigenvalue weighted by Crippen LogP contribution is 2.45. The summed E-state index contributed by atoms with van der Waals surface area (Å²) in [5.74, 6) is 1.54. The Labute approximate surface area is 167 Å². The Kier molecular flexibility index (Phi) is 6.73. The van der Waals surface area contributed by atoms with Crippen LogP contribution in [0.1, 0.15) is 61.5 Å². The van der Waals surface area contributed by atoms with Crippen molar-refractivity contribution < 1.29 is 4.79 Å². The number of fused-ring (bicyclic) bond motifs is 3. The number of anilines is 1. The molecule has 1 aromatic heterocycles. The number of nitrogens with one attached hydrogen (secondary N) is 2. The molecule has 0 spiro atoms. The molecule has 5 heteroatoms. The second-order valence-electron chi connectivity index (χ2n) is 8.16. The van der Waals surface area contributed by atoms with Crippen molar-refractivity contribution in [2.75, 3.05) is 11.9 Å². The fraction of sp³-hybridized carbons (Fsp3) is 0.636. The first-order chi connectivity index (χ1) is 13.0. The van der Waals surface area contributed by atoms with Crippen LogP contribution in [0.25, 0.3) is 0 Å². The van der Waals surface area contributed by atoms with Crippen LogP contribution in [0.4, 0.5) is 5.00 Å². The van der Waals surface area contributed by atoms with Gasteiger partial charge in [-0.1, -0.05) is 18.9 Å². The van der Waals surface area contributed by atoms with Gasteiger partial charge in [-0.3, -0.25) is 4.79 Å². The number of hydrogen-bond donors (Lipinski definition) is 2. The van der Waals surface area contributed by atoms with Crippen LogP contribution in [0.5, 0.6) is 0 Å². The molecule has 2 unspecified atom stereocenters. The van der Waals surface area contributed by atoms with Crippen LogP contribution >= 0.6 is 11.3 Å². The number of nitriles is 1. The molecule has 0 aliphatic heterocycles. The summed E-state index contributed by atoms with van der Waals surface area (Å²) in [7, 11) is 0. The van der Waals surface area contributed by atoms with Gasteiger partial charge in [0.2, 0.25) is 5.91 Å². The van der Waals surface area contributed by atoms with Gasteiger partial charge >= 0.3 is 0 Å². The highest BCUT2D eigenvalue weighted by atomic mass is 32.1. The van der Waals surface area contributed by atoms with E-state index >= 15 is 0 Å². The van der Waals surface area contributed by atoms with Crippen molar-refractivity contribution in [2.45, 2.75) is 64.8 Å². The Morgan fingerprint density at radius 1 is 1.41 bits per heavy atom. The lowest BCUT2D eigenvalue weighted by Crippen LogP contribution is -2.38. The molecule has 3 aliphatic rings. The van der Waals surface area contributed by atoms with Crippen molar-refractivity contribution in [3.05, 3.63) is 28.7 Å². The third-order valence-electron chi connectivity index (χ3n) is 6.38. The number of aryl methyl sites for hydroxylation is 1. The van der Waals surface area contributed by atoms with Crippen molar-refractivity contribution in [2.24, 2.45) is 17.8 Å². The molecule has 2 N–H and O–H groups in total. The minimum absolute atomic E-state index is 0.134. The first-order valence-corrected chi connectivity index (χ1v) is 11.0. The molecule has 3 saturated carbocycles. The van der Waals surface area contributed by atoms with Crippen molar-refractivity contribution >= 4 is 22.2 Å².